The molecule has 32 valence electrons. The Morgan fingerprint density at radius 3 is 2.50 bits per heavy atom. The van der Waals surface area contributed by atoms with Crippen LogP contribution in [0.1, 0.15) is 0 Å². The molecular weight excluding hydrogens is 128 g/mol. The molecule has 0 heterocycles. The first kappa shape index (κ1) is 6.57. The maximum absolute atomic E-state index is 8.51. The molecule has 0 fully saturated rings. The molecule has 0 spiro atoms. The van der Waals surface area contributed by atoms with Crippen molar-refractivity contribution in [2.24, 2.45) is 0 Å². The highest BCUT2D eigenvalue weighted by Crippen LogP contribution is 1.65. The van der Waals surface area contributed by atoms with Gasteiger partial charge in [0.15, 0.2) is 0 Å². The van der Waals surface area contributed by atoms with Crippen LogP contribution in [0.3, 0.4) is 0 Å². The topological polar surface area (TPSA) is 29.5 Å². The Balaban J connectivity index is 2.75. The van der Waals surface area contributed by atoms with Gasteiger partial charge in [0.25, 0.3) is 0 Å². The zero-order valence-corrected chi connectivity index (χ0v) is 6.36. The van der Waals surface area contributed by atoms with Crippen LogP contribution in [0.5, 0.6) is 0 Å². The largest absolute Gasteiger partial charge is 0.413 e. The first-order chi connectivity index (χ1) is 2.81. The van der Waals surface area contributed by atoms with Crippen LogP contribution < -0.4 is 0 Å². The van der Waals surface area contributed by atoms with E-state index in [0.717, 1.165) is 0 Å². The lowest BCUT2D eigenvalue weighted by Gasteiger charge is -1.94. The summed E-state index contributed by atoms with van der Waals surface area (Å²) in [6, 6.07) is 0. The van der Waals surface area contributed by atoms with Gasteiger partial charge in [0.1, 0.15) is 0 Å². The van der Waals surface area contributed by atoms with E-state index in [1.165, 1.54) is 7.11 Å². The van der Waals surface area contributed by atoms with Gasteiger partial charge in [-0.05, 0) is 0 Å². The Kier molecular flexibility index (Phi) is 4.11. The second kappa shape index (κ2) is 3.75. The van der Waals surface area contributed by atoms with Crippen molar-refractivity contribution < 1.29 is 9.22 Å². The minimum absolute atomic E-state index is 0.372. The van der Waals surface area contributed by atoms with Crippen molar-refractivity contribution >= 4 is 27.1 Å². The fourth-order valence-electron chi connectivity index (χ4n) is 0.0510. The average molecular weight is 132 g/mol. The van der Waals surface area contributed by atoms with Gasteiger partial charge < -0.3 is 9.22 Å². The molecule has 0 saturated heterocycles. The Bertz CT molecular complexity index is 28.0. The molecule has 0 rings (SSSR count). The predicted octanol–water partition coefficient (Wildman–Crippen LogP) is -1.60. The van der Waals surface area contributed by atoms with E-state index in [4.69, 9.17) is 4.80 Å². The van der Waals surface area contributed by atoms with Gasteiger partial charge in [0.05, 0.1) is 8.55 Å². The molecule has 0 atom stereocenters. The van der Waals surface area contributed by atoms with E-state index in [9.17, 15) is 0 Å². The fourth-order valence-corrected chi connectivity index (χ4v) is 1.38. The van der Waals surface area contributed by atoms with E-state index < -0.39 is 8.80 Å². The molecule has 0 saturated carbocycles. The molecule has 0 bridgehead atoms. The van der Waals surface area contributed by atoms with Crippen molar-refractivity contribution in [3.05, 3.63) is 0 Å². The third kappa shape index (κ3) is 2.79. The Morgan fingerprint density at radius 1 is 2.00 bits per heavy atom. The first-order valence-electron chi connectivity index (χ1n) is 1.34. The smallest absolute Gasteiger partial charge is 0.345 e. The molecular formula is CH4O2Si3. The normalized spacial score (nSPS) is 10.0. The summed E-state index contributed by atoms with van der Waals surface area (Å²) in [7, 11) is 3.56. The summed E-state index contributed by atoms with van der Waals surface area (Å²) in [5.74, 6) is 0. The molecule has 5 heteroatoms. The van der Waals surface area contributed by atoms with Gasteiger partial charge in [-0.3, -0.25) is 0 Å². The second-order valence-electron chi connectivity index (χ2n) is 0.634. The number of hydrogen-bond donors (Lipinski definition) is 1. The van der Waals surface area contributed by atoms with Crippen LogP contribution in [0, 0.1) is 0 Å². The third-order valence-electron chi connectivity index (χ3n) is 0.300. The molecule has 6 radical (unpaired) electrons. The minimum Gasteiger partial charge on any atom is -0.413 e. The lowest BCUT2D eigenvalue weighted by Crippen LogP contribution is -2.24. The van der Waals surface area contributed by atoms with Crippen LogP contribution in [-0.4, -0.2) is 39.0 Å². The molecule has 0 aromatic rings. The van der Waals surface area contributed by atoms with E-state index in [1.807, 2.05) is 0 Å². The van der Waals surface area contributed by atoms with Gasteiger partial charge in [-0.2, -0.15) is 0 Å². The van der Waals surface area contributed by atoms with Crippen LogP contribution in [0.25, 0.3) is 0 Å². The van der Waals surface area contributed by atoms with Gasteiger partial charge in [-0.1, -0.05) is 0 Å². The summed E-state index contributed by atoms with van der Waals surface area (Å²) in [4.78, 5) is 8.51. The summed E-state index contributed by atoms with van der Waals surface area (Å²) in [5.41, 5.74) is 0. The molecule has 0 aliphatic heterocycles. The van der Waals surface area contributed by atoms with Crippen molar-refractivity contribution in [3.63, 3.8) is 0 Å². The Hall–Kier alpha value is 0.571. The standard InChI is InChI=1S/CH4O2Si3/c1-3-6(2)5-4/h2H,1H3. The summed E-state index contributed by atoms with van der Waals surface area (Å²) in [6.45, 7) is 0. The van der Waals surface area contributed by atoms with Gasteiger partial charge in [0, 0.05) is 16.9 Å². The molecule has 0 aromatic carbocycles. The number of hydrogen-bond acceptors (Lipinski definition) is 2. The molecule has 1 N–H and O–H groups in total. The summed E-state index contributed by atoms with van der Waals surface area (Å²) in [6.07, 6.45) is 0. The lowest BCUT2D eigenvalue weighted by atomic mass is 11.8. The minimum atomic E-state index is -1.43. The van der Waals surface area contributed by atoms with Crippen LogP contribution in [-0.2, 0) is 4.43 Å². The summed E-state index contributed by atoms with van der Waals surface area (Å²) in [5, 5.41) is 0. The van der Waals surface area contributed by atoms with Crippen molar-refractivity contribution in [2.45, 2.75) is 0 Å². The Labute approximate surface area is 44.2 Å². The van der Waals surface area contributed by atoms with E-state index in [0.29, 0.717) is 8.55 Å². The summed E-state index contributed by atoms with van der Waals surface area (Å²) >= 11 is 0. The molecule has 0 aliphatic rings. The third-order valence-corrected chi connectivity index (χ3v) is 4.08. The van der Waals surface area contributed by atoms with Crippen LogP contribution in [0.15, 0.2) is 0 Å². The quantitative estimate of drug-likeness (QED) is 0.459. The molecule has 2 nitrogen and oxygen atoms in total. The second-order valence-corrected chi connectivity index (χ2v) is 6.19. The van der Waals surface area contributed by atoms with Crippen LogP contribution in [0.4, 0.5) is 0 Å². The average Bonchev–Trinajstić information content (AvgIpc) is 1.65. The molecule has 0 amide bonds. The zero-order valence-electron chi connectivity index (χ0n) is 3.36. The lowest BCUT2D eigenvalue weighted by molar-refractivity contribution is 0.349. The van der Waals surface area contributed by atoms with Crippen molar-refractivity contribution in [1.82, 2.24) is 0 Å². The van der Waals surface area contributed by atoms with Crippen molar-refractivity contribution in [2.75, 3.05) is 7.11 Å². The van der Waals surface area contributed by atoms with E-state index in [-0.39, 0.29) is 0 Å². The van der Waals surface area contributed by atoms with E-state index in [2.05, 4.69) is 14.2 Å². The van der Waals surface area contributed by atoms with Crippen LogP contribution >= 0.6 is 0 Å². The molecule has 0 aliphatic carbocycles. The highest BCUT2D eigenvalue weighted by atomic mass is 29.5. The maximum Gasteiger partial charge on any atom is 0.345 e. The molecule has 6 heavy (non-hydrogen) atoms. The highest BCUT2D eigenvalue weighted by molar-refractivity contribution is 7.26. The highest BCUT2D eigenvalue weighted by Gasteiger charge is 2.00. The van der Waals surface area contributed by atoms with Gasteiger partial charge in [-0.15, -0.1) is 0 Å². The summed E-state index contributed by atoms with van der Waals surface area (Å²) < 4.78 is 4.52. The van der Waals surface area contributed by atoms with Crippen molar-refractivity contribution in [3.8, 4) is 0 Å². The van der Waals surface area contributed by atoms with Gasteiger partial charge in [-0.25, -0.2) is 0 Å². The first-order valence-corrected chi connectivity index (χ1v) is 6.19. The predicted molar refractivity (Wildman–Crippen MR) is 26.5 cm³/mol. The van der Waals surface area contributed by atoms with Crippen LogP contribution in [0.2, 0.25) is 0 Å². The van der Waals surface area contributed by atoms with Crippen molar-refractivity contribution in [1.29, 1.82) is 0 Å². The zero-order chi connectivity index (χ0) is 4.99. The van der Waals surface area contributed by atoms with E-state index in [1.54, 1.807) is 0 Å². The maximum atomic E-state index is 8.51. The number of rotatable bonds is 2. The Morgan fingerprint density at radius 2 is 2.50 bits per heavy atom. The van der Waals surface area contributed by atoms with E-state index >= 15 is 0 Å². The molecule has 0 unspecified atom stereocenters. The van der Waals surface area contributed by atoms with Gasteiger partial charge >= 0.3 is 8.80 Å². The molecule has 0 aromatic heterocycles. The van der Waals surface area contributed by atoms with Gasteiger partial charge in [0.2, 0.25) is 0 Å². The monoisotopic (exact) mass is 132 g/mol. The fraction of sp³-hybridized carbons (Fsp3) is 1.00. The SMILES string of the molecule is CO[Si](O)[Si][Si].